The van der Waals surface area contributed by atoms with E-state index in [1.165, 1.54) is 11.3 Å². The van der Waals surface area contributed by atoms with Crippen LogP contribution in [0.5, 0.6) is 11.5 Å². The lowest BCUT2D eigenvalue weighted by Crippen LogP contribution is -2.28. The zero-order chi connectivity index (χ0) is 20.9. The highest BCUT2D eigenvalue weighted by molar-refractivity contribution is 7.15. The number of carbonyl (C=O) groups is 2. The number of para-hydroxylation sites is 3. The molecule has 1 atom stereocenters. The van der Waals surface area contributed by atoms with Crippen LogP contribution in [-0.4, -0.2) is 35.7 Å². The molecule has 1 fully saturated rings. The summed E-state index contributed by atoms with van der Waals surface area (Å²) in [4.78, 5) is 26.7. The summed E-state index contributed by atoms with van der Waals surface area (Å²) in [6.07, 6.45) is 0.132. The van der Waals surface area contributed by atoms with E-state index >= 15 is 0 Å². The van der Waals surface area contributed by atoms with Gasteiger partial charge in [0.1, 0.15) is 18.1 Å². The van der Waals surface area contributed by atoms with Crippen LogP contribution in [0.1, 0.15) is 11.4 Å². The summed E-state index contributed by atoms with van der Waals surface area (Å²) < 4.78 is 11.0. The second kappa shape index (κ2) is 8.91. The van der Waals surface area contributed by atoms with Gasteiger partial charge in [-0.25, -0.2) is 0 Å². The molecule has 30 heavy (non-hydrogen) atoms. The van der Waals surface area contributed by atoms with Crippen LogP contribution in [0.3, 0.4) is 0 Å². The van der Waals surface area contributed by atoms with Crippen molar-refractivity contribution in [3.05, 3.63) is 59.6 Å². The van der Waals surface area contributed by atoms with Gasteiger partial charge < -0.3 is 19.7 Å². The molecule has 1 aliphatic rings. The lowest BCUT2D eigenvalue weighted by Gasteiger charge is -2.19. The Morgan fingerprint density at radius 3 is 2.73 bits per heavy atom. The van der Waals surface area contributed by atoms with Crippen molar-refractivity contribution in [2.45, 2.75) is 13.0 Å². The second-order valence-corrected chi connectivity index (χ2v) is 7.73. The summed E-state index contributed by atoms with van der Waals surface area (Å²) in [5.74, 6) is 0.481. The molecule has 1 saturated heterocycles. The van der Waals surface area contributed by atoms with Crippen LogP contribution in [0.25, 0.3) is 0 Å². The standard InChI is InChI=1S/C21H20N4O4S/c1-28-17-10-6-5-9-16(17)25-12-14(11-19(25)26)20(27)22-21-24-23-18(30-21)13-29-15-7-3-2-4-8-15/h2-10,14H,11-13H2,1H3,(H,22,24,27). The Kier molecular flexibility index (Phi) is 5.89. The van der Waals surface area contributed by atoms with E-state index in [9.17, 15) is 9.59 Å². The fourth-order valence-corrected chi connectivity index (χ4v) is 3.86. The van der Waals surface area contributed by atoms with Crippen LogP contribution in [-0.2, 0) is 16.2 Å². The number of hydrogen-bond donors (Lipinski definition) is 1. The van der Waals surface area contributed by atoms with E-state index in [0.717, 1.165) is 5.75 Å². The van der Waals surface area contributed by atoms with Crippen LogP contribution in [0.4, 0.5) is 10.8 Å². The smallest absolute Gasteiger partial charge is 0.231 e. The Labute approximate surface area is 177 Å². The topological polar surface area (TPSA) is 93.7 Å². The molecular weight excluding hydrogens is 404 g/mol. The summed E-state index contributed by atoms with van der Waals surface area (Å²) >= 11 is 1.25. The van der Waals surface area contributed by atoms with Gasteiger partial charge in [-0.15, -0.1) is 10.2 Å². The molecule has 0 aliphatic carbocycles. The summed E-state index contributed by atoms with van der Waals surface area (Å²) in [6.45, 7) is 0.550. The van der Waals surface area contributed by atoms with Crippen molar-refractivity contribution in [2.75, 3.05) is 23.9 Å². The first-order valence-electron chi connectivity index (χ1n) is 9.38. The number of carbonyl (C=O) groups excluding carboxylic acids is 2. The summed E-state index contributed by atoms with van der Waals surface area (Å²) in [7, 11) is 1.55. The molecule has 8 nitrogen and oxygen atoms in total. The van der Waals surface area contributed by atoms with Gasteiger partial charge in [-0.05, 0) is 24.3 Å². The number of rotatable bonds is 7. The molecule has 2 amide bonds. The molecule has 154 valence electrons. The molecule has 2 aromatic carbocycles. The van der Waals surface area contributed by atoms with Crippen molar-refractivity contribution in [3.63, 3.8) is 0 Å². The Morgan fingerprint density at radius 1 is 1.17 bits per heavy atom. The summed E-state index contributed by atoms with van der Waals surface area (Å²) in [5, 5.41) is 11.8. The highest BCUT2D eigenvalue weighted by atomic mass is 32.1. The first kappa shape index (κ1) is 19.8. The minimum Gasteiger partial charge on any atom is -0.495 e. The largest absolute Gasteiger partial charge is 0.495 e. The zero-order valence-electron chi connectivity index (χ0n) is 16.3. The van der Waals surface area contributed by atoms with E-state index in [-0.39, 0.29) is 31.4 Å². The molecule has 4 rings (SSSR count). The van der Waals surface area contributed by atoms with Crippen molar-refractivity contribution in [1.82, 2.24) is 10.2 Å². The molecule has 3 aromatic rings. The number of nitrogens with zero attached hydrogens (tertiary/aromatic N) is 3. The molecule has 0 bridgehead atoms. The molecule has 1 N–H and O–H groups in total. The van der Waals surface area contributed by atoms with Crippen molar-refractivity contribution in [3.8, 4) is 11.5 Å². The third kappa shape index (κ3) is 4.41. The van der Waals surface area contributed by atoms with E-state index in [0.29, 0.717) is 21.6 Å². The number of benzene rings is 2. The van der Waals surface area contributed by atoms with Crippen LogP contribution in [0, 0.1) is 5.92 Å². The predicted molar refractivity (Wildman–Crippen MR) is 113 cm³/mol. The van der Waals surface area contributed by atoms with Crippen molar-refractivity contribution >= 4 is 34.0 Å². The van der Waals surface area contributed by atoms with Gasteiger partial charge in [0.15, 0.2) is 5.01 Å². The number of anilines is 2. The maximum Gasteiger partial charge on any atom is 0.231 e. The minimum atomic E-state index is -0.477. The minimum absolute atomic E-state index is 0.117. The highest BCUT2D eigenvalue weighted by Gasteiger charge is 2.36. The number of methoxy groups -OCH3 is 1. The zero-order valence-corrected chi connectivity index (χ0v) is 17.1. The molecule has 0 spiro atoms. The first-order chi connectivity index (χ1) is 14.6. The number of ether oxygens (including phenoxy) is 2. The summed E-state index contributed by atoms with van der Waals surface area (Å²) in [5.41, 5.74) is 0.663. The number of nitrogens with one attached hydrogen (secondary N) is 1. The average molecular weight is 424 g/mol. The normalized spacial score (nSPS) is 15.8. The van der Waals surface area contributed by atoms with Gasteiger partial charge in [0.05, 0.1) is 18.7 Å². The van der Waals surface area contributed by atoms with Crippen LogP contribution >= 0.6 is 11.3 Å². The number of aromatic nitrogens is 2. The maximum atomic E-state index is 12.7. The summed E-state index contributed by atoms with van der Waals surface area (Å²) in [6, 6.07) is 16.7. The third-order valence-corrected chi connectivity index (χ3v) is 5.49. The molecule has 2 heterocycles. The molecular formula is C21H20N4O4S. The Balaban J connectivity index is 1.35. The average Bonchev–Trinajstić information content (AvgIpc) is 3.39. The van der Waals surface area contributed by atoms with Gasteiger partial charge in [0.25, 0.3) is 0 Å². The van der Waals surface area contributed by atoms with E-state index in [1.807, 2.05) is 42.5 Å². The fourth-order valence-electron chi connectivity index (χ4n) is 3.20. The van der Waals surface area contributed by atoms with E-state index in [2.05, 4.69) is 15.5 Å². The van der Waals surface area contributed by atoms with Crippen LogP contribution < -0.4 is 19.7 Å². The van der Waals surface area contributed by atoms with Gasteiger partial charge in [0, 0.05) is 13.0 Å². The molecule has 1 unspecified atom stereocenters. The molecule has 0 saturated carbocycles. The molecule has 0 radical (unpaired) electrons. The monoisotopic (exact) mass is 424 g/mol. The van der Waals surface area contributed by atoms with E-state index in [4.69, 9.17) is 9.47 Å². The van der Waals surface area contributed by atoms with Crippen LogP contribution in [0.2, 0.25) is 0 Å². The Bertz CT molecular complexity index is 1040. The van der Waals surface area contributed by atoms with Gasteiger partial charge in [-0.2, -0.15) is 0 Å². The quantitative estimate of drug-likeness (QED) is 0.626. The first-order valence-corrected chi connectivity index (χ1v) is 10.2. The van der Waals surface area contributed by atoms with Gasteiger partial charge in [-0.1, -0.05) is 41.7 Å². The van der Waals surface area contributed by atoms with Gasteiger partial charge in [0.2, 0.25) is 16.9 Å². The molecule has 9 heteroatoms. The van der Waals surface area contributed by atoms with E-state index < -0.39 is 5.92 Å². The predicted octanol–water partition coefficient (Wildman–Crippen LogP) is 3.12. The third-order valence-electron chi connectivity index (χ3n) is 4.67. The van der Waals surface area contributed by atoms with E-state index in [1.54, 1.807) is 24.1 Å². The van der Waals surface area contributed by atoms with Gasteiger partial charge >= 0.3 is 0 Å². The van der Waals surface area contributed by atoms with Crippen molar-refractivity contribution < 1.29 is 19.1 Å². The van der Waals surface area contributed by atoms with Crippen molar-refractivity contribution in [1.29, 1.82) is 0 Å². The lowest BCUT2D eigenvalue weighted by atomic mass is 10.1. The Hall–Kier alpha value is -3.46. The Morgan fingerprint density at radius 2 is 1.93 bits per heavy atom. The molecule has 1 aromatic heterocycles. The lowest BCUT2D eigenvalue weighted by molar-refractivity contribution is -0.122. The number of hydrogen-bond acceptors (Lipinski definition) is 7. The fraction of sp³-hybridized carbons (Fsp3) is 0.238. The van der Waals surface area contributed by atoms with Crippen molar-refractivity contribution in [2.24, 2.45) is 5.92 Å². The highest BCUT2D eigenvalue weighted by Crippen LogP contribution is 2.33. The SMILES string of the molecule is COc1ccccc1N1CC(C(=O)Nc2nnc(COc3ccccc3)s2)CC1=O. The van der Waals surface area contributed by atoms with Gasteiger partial charge in [-0.3, -0.25) is 9.59 Å². The second-order valence-electron chi connectivity index (χ2n) is 6.67. The molecule has 1 aliphatic heterocycles. The maximum absolute atomic E-state index is 12.7. The number of amides is 2. The van der Waals surface area contributed by atoms with Crippen LogP contribution in [0.15, 0.2) is 54.6 Å².